The van der Waals surface area contributed by atoms with Crippen molar-refractivity contribution in [3.05, 3.63) is 58.5 Å². The number of benzene rings is 1. The van der Waals surface area contributed by atoms with Crippen molar-refractivity contribution in [3.63, 3.8) is 0 Å². The van der Waals surface area contributed by atoms with E-state index in [1.807, 2.05) is 0 Å². The predicted molar refractivity (Wildman–Crippen MR) is 101 cm³/mol. The van der Waals surface area contributed by atoms with Crippen LogP contribution in [-0.4, -0.2) is 47.0 Å². The lowest BCUT2D eigenvalue weighted by Gasteiger charge is -2.35. The number of alkyl halides is 3. The van der Waals surface area contributed by atoms with E-state index in [-0.39, 0.29) is 17.5 Å². The van der Waals surface area contributed by atoms with Gasteiger partial charge in [-0.2, -0.15) is 13.2 Å². The summed E-state index contributed by atoms with van der Waals surface area (Å²) in [6.45, 7) is 3.02. The summed E-state index contributed by atoms with van der Waals surface area (Å²) >= 11 is 5.83. The van der Waals surface area contributed by atoms with Crippen LogP contribution in [0.5, 0.6) is 0 Å². The molecule has 1 amide bonds. The van der Waals surface area contributed by atoms with Crippen molar-refractivity contribution in [2.75, 3.05) is 31.1 Å². The molecular weight excluding hydrogens is 393 g/mol. The van der Waals surface area contributed by atoms with Crippen molar-refractivity contribution in [1.82, 2.24) is 14.9 Å². The van der Waals surface area contributed by atoms with Crippen LogP contribution in [0, 0.1) is 6.92 Å². The quantitative estimate of drug-likeness (QED) is 0.722. The third-order valence-electron chi connectivity index (χ3n) is 4.32. The number of aryl methyl sites for hydroxylation is 1. The third kappa shape index (κ3) is 5.01. The van der Waals surface area contributed by atoms with Gasteiger partial charge >= 0.3 is 6.18 Å². The fourth-order valence-electron chi connectivity index (χ4n) is 2.86. The molecule has 1 aliphatic heterocycles. The maximum atomic E-state index is 13.0. The van der Waals surface area contributed by atoms with Crippen LogP contribution in [0.3, 0.4) is 0 Å². The van der Waals surface area contributed by atoms with Gasteiger partial charge in [0, 0.05) is 43.3 Å². The molecule has 1 aromatic carbocycles. The topological polar surface area (TPSA) is 49.3 Å². The molecular formula is C19H18ClF3N4O. The Morgan fingerprint density at radius 3 is 2.36 bits per heavy atom. The Hall–Kier alpha value is -2.61. The smallest absolute Gasteiger partial charge is 0.353 e. The zero-order valence-corrected chi connectivity index (χ0v) is 15.8. The molecule has 0 N–H and O–H groups in total. The van der Waals surface area contributed by atoms with Gasteiger partial charge in [-0.25, -0.2) is 9.97 Å². The van der Waals surface area contributed by atoms with E-state index in [4.69, 9.17) is 11.6 Å². The Morgan fingerprint density at radius 2 is 1.75 bits per heavy atom. The second kappa shape index (κ2) is 8.18. The molecule has 28 heavy (non-hydrogen) atoms. The molecule has 0 unspecified atom stereocenters. The fourth-order valence-corrected chi connectivity index (χ4v) is 2.99. The highest BCUT2D eigenvalue weighted by Gasteiger charge is 2.34. The highest BCUT2D eigenvalue weighted by Crippen LogP contribution is 2.29. The summed E-state index contributed by atoms with van der Waals surface area (Å²) in [5.41, 5.74) is -0.105. The monoisotopic (exact) mass is 410 g/mol. The average Bonchev–Trinajstić information content (AvgIpc) is 2.66. The summed E-state index contributed by atoms with van der Waals surface area (Å²) in [6.07, 6.45) is -1.34. The van der Waals surface area contributed by atoms with Crippen LogP contribution in [0.15, 0.2) is 36.4 Å². The molecule has 0 radical (unpaired) electrons. The zero-order chi connectivity index (χ0) is 20.3. The maximum absolute atomic E-state index is 13.0. The maximum Gasteiger partial charge on any atom is 0.433 e. The molecule has 148 valence electrons. The van der Waals surface area contributed by atoms with Crippen molar-refractivity contribution in [2.24, 2.45) is 0 Å². The lowest BCUT2D eigenvalue weighted by Crippen LogP contribution is -2.48. The molecule has 1 aromatic heterocycles. The van der Waals surface area contributed by atoms with Gasteiger partial charge in [0.2, 0.25) is 5.91 Å². The van der Waals surface area contributed by atoms with E-state index >= 15 is 0 Å². The second-order valence-corrected chi connectivity index (χ2v) is 6.79. The van der Waals surface area contributed by atoms with E-state index < -0.39 is 11.9 Å². The molecule has 0 aliphatic carbocycles. The zero-order valence-electron chi connectivity index (χ0n) is 15.1. The Kier molecular flexibility index (Phi) is 5.88. The number of halogens is 4. The van der Waals surface area contributed by atoms with Gasteiger partial charge in [-0.3, -0.25) is 4.79 Å². The van der Waals surface area contributed by atoms with Gasteiger partial charge in [0.15, 0.2) is 0 Å². The van der Waals surface area contributed by atoms with E-state index in [0.29, 0.717) is 31.2 Å². The number of rotatable bonds is 3. The number of hydrogen-bond acceptors (Lipinski definition) is 4. The van der Waals surface area contributed by atoms with Crippen LogP contribution in [-0.2, 0) is 11.0 Å². The molecule has 0 bridgehead atoms. The normalized spacial score (nSPS) is 15.3. The Morgan fingerprint density at radius 1 is 1.11 bits per heavy atom. The van der Waals surface area contributed by atoms with E-state index in [1.165, 1.54) is 13.0 Å². The summed E-state index contributed by atoms with van der Waals surface area (Å²) < 4.78 is 38.9. The van der Waals surface area contributed by atoms with E-state index in [9.17, 15) is 18.0 Å². The second-order valence-electron chi connectivity index (χ2n) is 6.35. The van der Waals surface area contributed by atoms with Crippen molar-refractivity contribution < 1.29 is 18.0 Å². The van der Waals surface area contributed by atoms with Crippen LogP contribution < -0.4 is 4.90 Å². The largest absolute Gasteiger partial charge is 0.433 e. The fraction of sp³-hybridized carbons (Fsp3) is 0.316. The first-order valence-corrected chi connectivity index (χ1v) is 9.00. The summed E-state index contributed by atoms with van der Waals surface area (Å²) in [5.74, 6) is 0.141. The molecule has 0 spiro atoms. The lowest BCUT2D eigenvalue weighted by atomic mass is 10.2. The molecule has 9 heteroatoms. The number of carbonyl (C=O) groups is 1. The number of carbonyl (C=O) groups excluding carboxylic acids is 1. The molecule has 0 atom stereocenters. The van der Waals surface area contributed by atoms with E-state index in [0.717, 1.165) is 11.6 Å². The highest BCUT2D eigenvalue weighted by atomic mass is 35.5. The average molecular weight is 411 g/mol. The van der Waals surface area contributed by atoms with Crippen molar-refractivity contribution >= 4 is 29.4 Å². The molecule has 5 nitrogen and oxygen atoms in total. The van der Waals surface area contributed by atoms with Crippen molar-refractivity contribution in [2.45, 2.75) is 13.1 Å². The van der Waals surface area contributed by atoms with Gasteiger partial charge in [0.25, 0.3) is 0 Å². The third-order valence-corrected chi connectivity index (χ3v) is 4.57. The van der Waals surface area contributed by atoms with Crippen LogP contribution >= 0.6 is 11.6 Å². The van der Waals surface area contributed by atoms with Crippen LogP contribution in [0.1, 0.15) is 17.1 Å². The summed E-state index contributed by atoms with van der Waals surface area (Å²) in [4.78, 5) is 23.3. The van der Waals surface area contributed by atoms with Gasteiger partial charge in [-0.05, 0) is 30.7 Å². The van der Waals surface area contributed by atoms with Crippen LogP contribution in [0.4, 0.5) is 19.0 Å². The first kappa shape index (κ1) is 20.1. The van der Waals surface area contributed by atoms with Gasteiger partial charge in [0.05, 0.1) is 0 Å². The minimum absolute atomic E-state index is 0.0641. The van der Waals surface area contributed by atoms with E-state index in [2.05, 4.69) is 9.97 Å². The first-order chi connectivity index (χ1) is 13.2. The summed E-state index contributed by atoms with van der Waals surface area (Å²) in [6, 6.07) is 8.04. The molecule has 1 saturated heterocycles. The minimum atomic E-state index is -4.52. The molecule has 1 aliphatic rings. The number of aromatic nitrogens is 2. The molecule has 2 aromatic rings. The Balaban J connectivity index is 1.62. The SMILES string of the molecule is Cc1nc(N2CCN(C(=O)/C=C/c3ccc(Cl)cc3)CC2)cc(C(F)(F)F)n1. The predicted octanol–water partition coefficient (Wildman–Crippen LogP) is 3.82. The minimum Gasteiger partial charge on any atom is -0.353 e. The molecule has 0 saturated carbocycles. The molecule has 2 heterocycles. The van der Waals surface area contributed by atoms with E-state index in [1.54, 1.807) is 40.1 Å². The number of piperazine rings is 1. The number of amides is 1. The highest BCUT2D eigenvalue weighted by molar-refractivity contribution is 6.30. The summed E-state index contributed by atoms with van der Waals surface area (Å²) in [5, 5.41) is 0.619. The Bertz CT molecular complexity index is 876. The first-order valence-electron chi connectivity index (χ1n) is 8.63. The Labute approximate surface area is 165 Å². The van der Waals surface area contributed by atoms with Gasteiger partial charge in [-0.1, -0.05) is 23.7 Å². The van der Waals surface area contributed by atoms with Crippen LogP contribution in [0.2, 0.25) is 5.02 Å². The van der Waals surface area contributed by atoms with Crippen molar-refractivity contribution in [1.29, 1.82) is 0 Å². The molecule has 1 fully saturated rings. The number of hydrogen-bond donors (Lipinski definition) is 0. The summed E-state index contributed by atoms with van der Waals surface area (Å²) in [7, 11) is 0. The lowest BCUT2D eigenvalue weighted by molar-refractivity contribution is -0.141. The standard InChI is InChI=1S/C19H18ClF3N4O/c1-13-24-16(19(21,22)23)12-17(25-13)26-8-10-27(11-9-26)18(28)7-4-14-2-5-15(20)6-3-14/h2-7,12H,8-11H2,1H3/b7-4+. The van der Waals surface area contributed by atoms with Gasteiger partial charge < -0.3 is 9.80 Å². The van der Waals surface area contributed by atoms with Gasteiger partial charge in [0.1, 0.15) is 17.3 Å². The number of nitrogens with zero attached hydrogens (tertiary/aromatic N) is 4. The molecule has 3 rings (SSSR count). The number of anilines is 1. The van der Waals surface area contributed by atoms with Gasteiger partial charge in [-0.15, -0.1) is 0 Å². The van der Waals surface area contributed by atoms with Crippen LogP contribution in [0.25, 0.3) is 6.08 Å². The van der Waals surface area contributed by atoms with Crippen molar-refractivity contribution in [3.8, 4) is 0 Å².